The number of nitrogens with zero attached hydrogens (tertiary/aromatic N) is 1. The molecule has 9 heteroatoms. The lowest BCUT2D eigenvalue weighted by Gasteiger charge is -2.29. The number of phosphoric acid groups is 1. The smallest absolute Gasteiger partial charge is 0.268 e. The van der Waals surface area contributed by atoms with Gasteiger partial charge < -0.3 is 28.8 Å². The second-order valence-electron chi connectivity index (χ2n) is 22.0. The van der Waals surface area contributed by atoms with Crippen molar-refractivity contribution in [2.24, 2.45) is 0 Å². The Kier molecular flexibility index (Phi) is 55.3. The number of aliphatic hydroxyl groups excluding tert-OH is 1. The van der Waals surface area contributed by atoms with Gasteiger partial charge in [0.15, 0.2) is 0 Å². The number of carbonyl (C=O) groups excluding carboxylic acids is 1. The highest BCUT2D eigenvalue weighted by Crippen LogP contribution is 2.38. The number of hydrogen-bond donors (Lipinski definition) is 2. The lowest BCUT2D eigenvalue weighted by Crippen LogP contribution is -2.45. The Labute approximate surface area is 475 Å². The topological polar surface area (TPSA) is 108 Å². The van der Waals surface area contributed by atoms with Crippen LogP contribution >= 0.6 is 7.82 Å². The Bertz CT molecular complexity index is 1670. The van der Waals surface area contributed by atoms with Crippen LogP contribution in [0.5, 0.6) is 0 Å². The summed E-state index contributed by atoms with van der Waals surface area (Å²) in [5, 5.41) is 13.8. The molecule has 0 radical (unpaired) electrons. The van der Waals surface area contributed by atoms with Gasteiger partial charge >= 0.3 is 0 Å². The van der Waals surface area contributed by atoms with Crippen LogP contribution in [0, 0.1) is 0 Å². The molecule has 0 rings (SSSR count). The van der Waals surface area contributed by atoms with Gasteiger partial charge in [-0.15, -0.1) is 0 Å². The summed E-state index contributed by atoms with van der Waals surface area (Å²) in [6.07, 6.45) is 86.0. The standard InChI is InChI=1S/C68H119N2O6P/c1-6-8-10-12-14-16-18-20-22-23-24-25-26-27-28-29-30-31-32-33-34-35-36-37-38-39-40-41-42-43-44-45-46-47-48-50-52-54-56-58-60-62-68(72)69-66(65-76-77(73,74)75-64-63-70(3,4)5)67(71)61-59-57-55-53-51-49-21-19-17-15-13-11-9-7-2/h8,10,14,16-17,19-20,22,24-25,27-28,30-31,33-34,51,53,59,61,66-67,71H,6-7,9,11-13,15,18,21,23,26,29,32,35-50,52,54-58,60,62-65H2,1-5H3,(H-,69,72,73,74)/b10-8-,16-14-,19-17+,22-20-,25-24-,28-27-,31-30-,34-33-,53-51+,61-59+. The number of carbonyl (C=O) groups is 1. The summed E-state index contributed by atoms with van der Waals surface area (Å²) in [7, 11) is 1.23. The highest BCUT2D eigenvalue weighted by Gasteiger charge is 2.23. The molecule has 0 saturated carbocycles. The molecule has 77 heavy (non-hydrogen) atoms. The van der Waals surface area contributed by atoms with E-state index in [0.29, 0.717) is 17.4 Å². The molecule has 0 aliphatic rings. The fourth-order valence-electron chi connectivity index (χ4n) is 8.52. The van der Waals surface area contributed by atoms with Gasteiger partial charge in [-0.1, -0.05) is 264 Å². The van der Waals surface area contributed by atoms with Crippen molar-refractivity contribution in [1.82, 2.24) is 5.32 Å². The first-order valence-corrected chi connectivity index (χ1v) is 32.9. The van der Waals surface area contributed by atoms with E-state index in [9.17, 15) is 19.4 Å². The number of phosphoric ester groups is 1. The first-order chi connectivity index (χ1) is 37.5. The molecule has 0 fully saturated rings. The minimum Gasteiger partial charge on any atom is -0.756 e. The van der Waals surface area contributed by atoms with Crippen molar-refractivity contribution >= 4 is 13.7 Å². The molecule has 442 valence electrons. The van der Waals surface area contributed by atoms with E-state index in [-0.39, 0.29) is 12.5 Å². The summed E-state index contributed by atoms with van der Waals surface area (Å²) in [6.45, 7) is 4.48. The molecule has 2 N–H and O–H groups in total. The number of rotatable bonds is 56. The van der Waals surface area contributed by atoms with Gasteiger partial charge in [0, 0.05) is 6.42 Å². The van der Waals surface area contributed by atoms with Crippen LogP contribution in [0.25, 0.3) is 0 Å². The Morgan fingerprint density at radius 1 is 0.468 bits per heavy atom. The maximum atomic E-state index is 13.0. The van der Waals surface area contributed by atoms with E-state index in [1.807, 2.05) is 27.2 Å². The summed E-state index contributed by atoms with van der Waals surface area (Å²) in [5.41, 5.74) is 0. The van der Waals surface area contributed by atoms with Crippen LogP contribution in [0.3, 0.4) is 0 Å². The van der Waals surface area contributed by atoms with E-state index in [0.717, 1.165) is 96.3 Å². The van der Waals surface area contributed by atoms with Crippen molar-refractivity contribution in [3.8, 4) is 0 Å². The monoisotopic (exact) mass is 1090 g/mol. The number of likely N-dealkylation sites (N-methyl/N-ethyl adjacent to an activating group) is 1. The van der Waals surface area contributed by atoms with E-state index in [2.05, 4.69) is 129 Å². The van der Waals surface area contributed by atoms with Gasteiger partial charge in [0.1, 0.15) is 13.2 Å². The molecule has 0 aromatic heterocycles. The first kappa shape index (κ1) is 73.9. The van der Waals surface area contributed by atoms with E-state index >= 15 is 0 Å². The molecule has 0 aromatic rings. The Hall–Kier alpha value is -3.10. The lowest BCUT2D eigenvalue weighted by molar-refractivity contribution is -0.870. The zero-order chi connectivity index (χ0) is 56.3. The van der Waals surface area contributed by atoms with Crippen molar-refractivity contribution in [2.75, 3.05) is 40.9 Å². The number of unbranched alkanes of at least 4 members (excludes halogenated alkanes) is 25. The summed E-state index contributed by atoms with van der Waals surface area (Å²) in [6, 6.07) is -0.914. The first-order valence-electron chi connectivity index (χ1n) is 31.4. The third-order valence-corrected chi connectivity index (χ3v) is 14.3. The molecule has 0 aromatic carbocycles. The summed E-state index contributed by atoms with van der Waals surface area (Å²) >= 11 is 0. The van der Waals surface area contributed by atoms with Gasteiger partial charge in [-0.3, -0.25) is 9.36 Å². The molecule has 0 spiro atoms. The van der Waals surface area contributed by atoms with Crippen LogP contribution in [0.4, 0.5) is 0 Å². The molecule has 0 bridgehead atoms. The van der Waals surface area contributed by atoms with Crippen molar-refractivity contribution in [3.63, 3.8) is 0 Å². The average molecular weight is 1090 g/mol. The molecule has 0 heterocycles. The minimum atomic E-state index is -4.61. The van der Waals surface area contributed by atoms with Crippen molar-refractivity contribution in [1.29, 1.82) is 0 Å². The van der Waals surface area contributed by atoms with Gasteiger partial charge in [-0.05, 0) is 103 Å². The summed E-state index contributed by atoms with van der Waals surface area (Å²) in [4.78, 5) is 25.5. The number of amides is 1. The number of hydrogen-bond acceptors (Lipinski definition) is 6. The molecule has 3 unspecified atom stereocenters. The van der Waals surface area contributed by atoms with E-state index in [1.165, 1.54) is 135 Å². The highest BCUT2D eigenvalue weighted by molar-refractivity contribution is 7.45. The van der Waals surface area contributed by atoms with Crippen LogP contribution in [0.1, 0.15) is 251 Å². The van der Waals surface area contributed by atoms with Gasteiger partial charge in [-0.25, -0.2) is 0 Å². The Morgan fingerprint density at radius 2 is 0.805 bits per heavy atom. The molecular weight excluding hydrogens is 972 g/mol. The molecule has 1 amide bonds. The van der Waals surface area contributed by atoms with Gasteiger partial charge in [-0.2, -0.15) is 0 Å². The Morgan fingerprint density at radius 3 is 1.21 bits per heavy atom. The maximum Gasteiger partial charge on any atom is 0.268 e. The number of allylic oxidation sites excluding steroid dienone is 19. The van der Waals surface area contributed by atoms with Crippen molar-refractivity contribution < 1.29 is 32.9 Å². The highest BCUT2D eigenvalue weighted by atomic mass is 31.2. The molecule has 8 nitrogen and oxygen atoms in total. The molecular formula is C68H119N2O6P. The van der Waals surface area contributed by atoms with Crippen LogP contribution in [-0.4, -0.2) is 68.5 Å². The van der Waals surface area contributed by atoms with Crippen molar-refractivity contribution in [2.45, 2.75) is 264 Å². The normalized spacial score (nSPS) is 14.6. The molecule has 0 saturated heterocycles. The second-order valence-corrected chi connectivity index (χ2v) is 23.4. The maximum absolute atomic E-state index is 13.0. The molecule has 3 atom stereocenters. The van der Waals surface area contributed by atoms with Crippen LogP contribution in [0.2, 0.25) is 0 Å². The Balaban J connectivity index is 3.98. The quantitative estimate of drug-likeness (QED) is 0.0272. The van der Waals surface area contributed by atoms with E-state index in [1.54, 1.807) is 6.08 Å². The predicted octanol–water partition coefficient (Wildman–Crippen LogP) is 19.1. The fourth-order valence-corrected chi connectivity index (χ4v) is 9.24. The number of nitrogens with one attached hydrogen (secondary N) is 1. The minimum absolute atomic E-state index is 0.0123. The van der Waals surface area contributed by atoms with Gasteiger partial charge in [0.05, 0.1) is 39.9 Å². The zero-order valence-electron chi connectivity index (χ0n) is 50.4. The largest absolute Gasteiger partial charge is 0.756 e. The summed E-state index contributed by atoms with van der Waals surface area (Å²) in [5.74, 6) is -0.213. The predicted molar refractivity (Wildman–Crippen MR) is 334 cm³/mol. The van der Waals surface area contributed by atoms with Gasteiger partial charge in [0.2, 0.25) is 5.91 Å². The third kappa shape index (κ3) is 60.4. The molecule has 0 aliphatic heterocycles. The van der Waals surface area contributed by atoms with Crippen molar-refractivity contribution in [3.05, 3.63) is 122 Å². The third-order valence-electron chi connectivity index (χ3n) is 13.4. The SMILES string of the molecule is CC/C=C\C/C=C\C/C=C\C/C=C\C/C=C\C/C=C\C/C=C\CCCCCCCCCCCCCCCCCCCCCC(=O)NC(COP(=O)([O-])OCC[N+](C)(C)C)C(O)/C=C/CC/C=C/CC/C=C/CCCCCC. The van der Waals surface area contributed by atoms with Crippen LogP contribution in [-0.2, 0) is 18.4 Å². The zero-order valence-corrected chi connectivity index (χ0v) is 51.3. The van der Waals surface area contributed by atoms with E-state index < -0.39 is 26.6 Å². The number of aliphatic hydroxyl groups is 1. The number of quaternary nitrogens is 1. The lowest BCUT2D eigenvalue weighted by atomic mass is 10.0. The average Bonchev–Trinajstić information content (AvgIpc) is 3.39. The van der Waals surface area contributed by atoms with Gasteiger partial charge in [0.25, 0.3) is 7.82 Å². The van der Waals surface area contributed by atoms with E-state index in [4.69, 9.17) is 9.05 Å². The molecule has 0 aliphatic carbocycles. The summed E-state index contributed by atoms with van der Waals surface area (Å²) < 4.78 is 23.3. The second kappa shape index (κ2) is 57.6. The van der Waals surface area contributed by atoms with Crippen LogP contribution < -0.4 is 10.2 Å². The fraction of sp³-hybridized carbons (Fsp3) is 0.691. The van der Waals surface area contributed by atoms with Crippen LogP contribution in [0.15, 0.2) is 122 Å².